The monoisotopic (exact) mass is 440 g/mol. The molecule has 3 atom stereocenters. The molecule has 160 valence electrons. The molecule has 3 unspecified atom stereocenters. The topological polar surface area (TPSA) is 126 Å². The molecule has 4 N–H and O–H groups in total. The molecular formula is C19H28N4O4S2. The fourth-order valence-corrected chi connectivity index (χ4v) is 4.44. The van der Waals surface area contributed by atoms with Gasteiger partial charge in [0.05, 0.1) is 24.4 Å². The van der Waals surface area contributed by atoms with E-state index in [-0.39, 0.29) is 16.2 Å². The molecule has 1 saturated carbocycles. The fraction of sp³-hybridized carbons (Fsp3) is 0.579. The molecule has 0 bridgehead atoms. The number of carbonyl (C=O) groups is 1. The van der Waals surface area contributed by atoms with Crippen LogP contribution in [0, 0.1) is 5.92 Å². The molecule has 3 rings (SSSR count). The van der Waals surface area contributed by atoms with Crippen molar-refractivity contribution < 1.29 is 18.8 Å². The molecule has 3 aliphatic rings. The van der Waals surface area contributed by atoms with Crippen LogP contribution >= 0.6 is 12.6 Å². The summed E-state index contributed by atoms with van der Waals surface area (Å²) >= 11 is 4.10. The van der Waals surface area contributed by atoms with Gasteiger partial charge in [0, 0.05) is 18.1 Å². The SMILES string of the molecule is CC(=N/C=C(\S)S(N)(=O)=NC(=O)NC1C2=C(C=C3CCCC31)CCO2)C(C)(C)O. The molecule has 0 radical (unpaired) electrons. The smallest absolute Gasteiger partial charge is 0.351 e. The van der Waals surface area contributed by atoms with Crippen molar-refractivity contribution in [3.8, 4) is 0 Å². The summed E-state index contributed by atoms with van der Waals surface area (Å²) in [7, 11) is -3.57. The van der Waals surface area contributed by atoms with Crippen molar-refractivity contribution in [2.75, 3.05) is 6.61 Å². The van der Waals surface area contributed by atoms with Gasteiger partial charge < -0.3 is 15.2 Å². The average molecular weight is 441 g/mol. The van der Waals surface area contributed by atoms with Crippen LogP contribution in [0.2, 0.25) is 0 Å². The predicted molar refractivity (Wildman–Crippen MR) is 117 cm³/mol. The number of nitrogens with two attached hydrogens (primary N) is 1. The number of thiol groups is 1. The van der Waals surface area contributed by atoms with Gasteiger partial charge >= 0.3 is 6.03 Å². The first-order valence-corrected chi connectivity index (χ1v) is 11.6. The maximum absolute atomic E-state index is 12.7. The Kier molecular flexibility index (Phi) is 6.28. The molecule has 0 aromatic carbocycles. The number of allylic oxidation sites excluding steroid dienone is 1. The summed E-state index contributed by atoms with van der Waals surface area (Å²) in [6.07, 6.45) is 7.21. The van der Waals surface area contributed by atoms with Crippen LogP contribution in [0.5, 0.6) is 0 Å². The van der Waals surface area contributed by atoms with Crippen LogP contribution in [0.4, 0.5) is 4.79 Å². The summed E-state index contributed by atoms with van der Waals surface area (Å²) in [5.74, 6) is 0.949. The van der Waals surface area contributed by atoms with Crippen LogP contribution in [0.15, 0.2) is 42.8 Å². The van der Waals surface area contributed by atoms with Crippen LogP contribution in [-0.4, -0.2) is 39.3 Å². The van der Waals surface area contributed by atoms with Crippen molar-refractivity contribution >= 4 is 34.3 Å². The zero-order valence-corrected chi connectivity index (χ0v) is 18.6. The van der Waals surface area contributed by atoms with Crippen LogP contribution in [0.1, 0.15) is 46.5 Å². The van der Waals surface area contributed by atoms with E-state index < -0.39 is 21.5 Å². The maximum Gasteiger partial charge on any atom is 0.351 e. The van der Waals surface area contributed by atoms with Crippen molar-refractivity contribution in [1.29, 1.82) is 0 Å². The summed E-state index contributed by atoms with van der Waals surface area (Å²) < 4.78 is 21.9. The minimum atomic E-state index is -3.57. The van der Waals surface area contributed by atoms with Crippen molar-refractivity contribution in [2.45, 2.75) is 58.1 Å². The Balaban J connectivity index is 1.79. The largest absolute Gasteiger partial charge is 0.495 e. The molecule has 2 amide bonds. The van der Waals surface area contributed by atoms with Crippen LogP contribution in [-0.2, 0) is 14.7 Å². The first kappa shape index (κ1) is 22.1. The number of urea groups is 1. The number of ether oxygens (including phenoxy) is 1. The number of fused-ring (bicyclic) bond motifs is 1. The summed E-state index contributed by atoms with van der Waals surface area (Å²) in [6.45, 7) is 5.35. The van der Waals surface area contributed by atoms with E-state index in [1.807, 2.05) is 0 Å². The number of carbonyl (C=O) groups excluding carboxylic acids is 1. The lowest BCUT2D eigenvalue weighted by atomic mass is 9.85. The zero-order valence-electron chi connectivity index (χ0n) is 16.8. The highest BCUT2D eigenvalue weighted by Gasteiger charge is 2.39. The van der Waals surface area contributed by atoms with Gasteiger partial charge in [-0.2, -0.15) is 0 Å². The highest BCUT2D eigenvalue weighted by molar-refractivity contribution is 8.10. The lowest BCUT2D eigenvalue weighted by Crippen LogP contribution is -2.42. The number of aliphatic hydroxyl groups is 1. The minimum Gasteiger partial charge on any atom is -0.495 e. The first-order chi connectivity index (χ1) is 13.5. The third kappa shape index (κ3) is 4.93. The van der Waals surface area contributed by atoms with Crippen LogP contribution in [0.3, 0.4) is 0 Å². The Morgan fingerprint density at radius 1 is 1.48 bits per heavy atom. The second-order valence-electron chi connectivity index (χ2n) is 8.03. The number of amides is 2. The number of aliphatic imine (C=N–C) groups is 1. The lowest BCUT2D eigenvalue weighted by Gasteiger charge is -2.29. The van der Waals surface area contributed by atoms with E-state index >= 15 is 0 Å². The highest BCUT2D eigenvalue weighted by atomic mass is 32.2. The minimum absolute atomic E-state index is 0.154. The molecule has 0 saturated heterocycles. The van der Waals surface area contributed by atoms with Gasteiger partial charge in [0.25, 0.3) is 0 Å². The van der Waals surface area contributed by atoms with Crippen molar-refractivity contribution in [1.82, 2.24) is 5.32 Å². The first-order valence-electron chi connectivity index (χ1n) is 9.57. The van der Waals surface area contributed by atoms with Crippen LogP contribution in [0.25, 0.3) is 0 Å². The van der Waals surface area contributed by atoms with Gasteiger partial charge in [0.2, 0.25) is 0 Å². The highest BCUT2D eigenvalue weighted by Crippen LogP contribution is 2.43. The summed E-state index contributed by atoms with van der Waals surface area (Å²) in [5.41, 5.74) is 1.67. The molecule has 0 aromatic rings. The molecule has 2 aliphatic carbocycles. The zero-order chi connectivity index (χ0) is 21.4. The second kappa shape index (κ2) is 8.25. The van der Waals surface area contributed by atoms with Crippen molar-refractivity contribution in [3.05, 3.63) is 33.4 Å². The third-order valence-corrected chi connectivity index (χ3v) is 7.54. The van der Waals surface area contributed by atoms with Gasteiger partial charge in [-0.25, -0.2) is 14.1 Å². The van der Waals surface area contributed by atoms with Crippen molar-refractivity contribution in [2.24, 2.45) is 20.4 Å². The van der Waals surface area contributed by atoms with Crippen LogP contribution < -0.4 is 10.5 Å². The van der Waals surface area contributed by atoms with Crippen molar-refractivity contribution in [3.63, 3.8) is 0 Å². The molecule has 1 fully saturated rings. The number of hydrogen-bond donors (Lipinski definition) is 4. The number of rotatable bonds is 4. The summed E-state index contributed by atoms with van der Waals surface area (Å²) in [6, 6.07) is -1.09. The average Bonchev–Trinajstić information content (AvgIpc) is 3.26. The molecule has 1 heterocycles. The standard InChI is InChI=1S/C19H28N4O4S2/c1-11(19(2,3)25)21-10-15(28)29(20,26)23-18(24)22-16-14-6-4-5-12(14)9-13-7-8-27-17(13)16/h9-10,14,16,25,28H,4-8H2,1-3H3,(H3,20,22,23,24,26)/b15-10+,21-11?. The molecule has 1 aliphatic heterocycles. The van der Waals surface area contributed by atoms with E-state index in [1.54, 1.807) is 20.8 Å². The van der Waals surface area contributed by atoms with E-state index in [9.17, 15) is 14.1 Å². The summed E-state index contributed by atoms with van der Waals surface area (Å²) in [5, 5.41) is 18.5. The van der Waals surface area contributed by atoms with E-state index in [2.05, 4.69) is 33.4 Å². The van der Waals surface area contributed by atoms with E-state index in [4.69, 9.17) is 9.88 Å². The Morgan fingerprint density at radius 2 is 2.21 bits per heavy atom. The number of hydrogen-bond acceptors (Lipinski definition) is 6. The maximum atomic E-state index is 12.7. The molecule has 29 heavy (non-hydrogen) atoms. The molecule has 0 aromatic heterocycles. The predicted octanol–water partition coefficient (Wildman–Crippen LogP) is 2.78. The number of nitrogens with one attached hydrogen (secondary N) is 1. The van der Waals surface area contributed by atoms with Gasteiger partial charge in [0.1, 0.15) is 10.00 Å². The molecule has 0 spiro atoms. The van der Waals surface area contributed by atoms with Gasteiger partial charge in [-0.1, -0.05) is 11.6 Å². The van der Waals surface area contributed by atoms with Gasteiger partial charge in [0.15, 0.2) is 9.92 Å². The fourth-order valence-electron chi connectivity index (χ4n) is 3.66. The normalized spacial score (nSPS) is 26.9. The van der Waals surface area contributed by atoms with Gasteiger partial charge in [-0.3, -0.25) is 4.99 Å². The Bertz CT molecular complexity index is 950. The van der Waals surface area contributed by atoms with E-state index in [0.29, 0.717) is 12.3 Å². The molecule has 10 heteroatoms. The van der Waals surface area contributed by atoms with Gasteiger partial charge in [-0.15, -0.1) is 17.0 Å². The molecule has 8 nitrogen and oxygen atoms in total. The Morgan fingerprint density at radius 3 is 2.90 bits per heavy atom. The summed E-state index contributed by atoms with van der Waals surface area (Å²) in [4.78, 5) is 16.5. The van der Waals surface area contributed by atoms with Gasteiger partial charge in [-0.05, 0) is 45.6 Å². The molecular weight excluding hydrogens is 412 g/mol. The lowest BCUT2D eigenvalue weighted by molar-refractivity contribution is 0.153. The second-order valence-corrected chi connectivity index (χ2v) is 10.6. The quantitative estimate of drug-likeness (QED) is 0.396. The number of nitrogens with zero attached hydrogens (tertiary/aromatic N) is 2. The van der Waals surface area contributed by atoms with E-state index in [0.717, 1.165) is 43.2 Å². The third-order valence-electron chi connectivity index (χ3n) is 5.50. The Labute approximate surface area is 177 Å². The van der Waals surface area contributed by atoms with E-state index in [1.165, 1.54) is 5.57 Å². The Hall–Kier alpha value is -1.62.